The summed E-state index contributed by atoms with van der Waals surface area (Å²) in [5.74, 6) is 1.03. The molecule has 2 saturated heterocycles. The van der Waals surface area contributed by atoms with E-state index in [1.807, 2.05) is 0 Å². The van der Waals surface area contributed by atoms with E-state index in [4.69, 9.17) is 23.2 Å². The number of anilines is 1. The molecule has 0 spiro atoms. The van der Waals surface area contributed by atoms with Crippen LogP contribution < -0.4 is 4.90 Å². The van der Waals surface area contributed by atoms with Crippen LogP contribution >= 0.6 is 35.0 Å². The molecule has 3 amide bonds. The lowest BCUT2D eigenvalue weighted by Gasteiger charge is -2.15. The van der Waals surface area contributed by atoms with Crippen LogP contribution in [0, 0.1) is 0 Å². The number of halogens is 2. The number of benzene rings is 1. The molecule has 2 heterocycles. The number of hydrogen-bond donors (Lipinski definition) is 0. The summed E-state index contributed by atoms with van der Waals surface area (Å²) in [6.45, 7) is 0. The number of rotatable bonds is 1. The van der Waals surface area contributed by atoms with Gasteiger partial charge in [-0.25, -0.2) is 9.69 Å². The predicted octanol–water partition coefficient (Wildman–Crippen LogP) is 2.83. The van der Waals surface area contributed by atoms with E-state index in [2.05, 4.69) is 0 Å². The normalized spacial score (nSPS) is 22.9. The topological polar surface area (TPSA) is 40.6 Å². The summed E-state index contributed by atoms with van der Waals surface area (Å²) in [6.07, 6.45) is 0. The van der Waals surface area contributed by atoms with Crippen molar-refractivity contribution in [2.45, 2.75) is 6.04 Å². The van der Waals surface area contributed by atoms with Gasteiger partial charge in [0.1, 0.15) is 6.04 Å². The first kappa shape index (κ1) is 12.1. The molecule has 0 N–H and O–H groups in total. The van der Waals surface area contributed by atoms with Gasteiger partial charge in [-0.3, -0.25) is 4.79 Å². The van der Waals surface area contributed by atoms with Crippen LogP contribution in [0.2, 0.25) is 10.0 Å². The summed E-state index contributed by atoms with van der Waals surface area (Å²) >= 11 is 13.3. The van der Waals surface area contributed by atoms with Gasteiger partial charge in [-0.2, -0.15) is 0 Å². The molecule has 0 aliphatic carbocycles. The number of hydrogen-bond acceptors (Lipinski definition) is 3. The quantitative estimate of drug-likeness (QED) is 0.749. The highest BCUT2D eigenvalue weighted by molar-refractivity contribution is 7.99. The molecule has 94 valence electrons. The van der Waals surface area contributed by atoms with E-state index in [1.165, 1.54) is 11.0 Å². The van der Waals surface area contributed by atoms with Gasteiger partial charge in [0.2, 0.25) is 0 Å². The third-order valence-corrected chi connectivity index (χ3v) is 4.74. The van der Waals surface area contributed by atoms with Gasteiger partial charge < -0.3 is 4.90 Å². The largest absolute Gasteiger partial charge is 0.332 e. The Kier molecular flexibility index (Phi) is 2.92. The van der Waals surface area contributed by atoms with E-state index in [-0.39, 0.29) is 18.0 Å². The third kappa shape index (κ3) is 1.69. The molecule has 0 bridgehead atoms. The monoisotopic (exact) mass is 302 g/mol. The molecule has 4 nitrogen and oxygen atoms in total. The number of fused-ring (bicyclic) bond motifs is 1. The van der Waals surface area contributed by atoms with Gasteiger partial charge in [-0.1, -0.05) is 23.2 Å². The minimum absolute atomic E-state index is 0.191. The van der Waals surface area contributed by atoms with Crippen molar-refractivity contribution in [1.29, 1.82) is 0 Å². The van der Waals surface area contributed by atoms with Crippen LogP contribution in [0.15, 0.2) is 18.2 Å². The molecule has 0 radical (unpaired) electrons. The molecule has 7 heteroatoms. The van der Waals surface area contributed by atoms with Gasteiger partial charge in [0.25, 0.3) is 5.91 Å². The Labute approximate surface area is 118 Å². The molecule has 18 heavy (non-hydrogen) atoms. The van der Waals surface area contributed by atoms with E-state index >= 15 is 0 Å². The standard InChI is InChI=1S/C11H8Cl2N2O2S/c12-7-2-1-6(3-8(7)13)15-10(16)9-4-18-5-14(9)11(15)17/h1-3,9H,4-5H2/t9-/m0/s1. The lowest BCUT2D eigenvalue weighted by Crippen LogP contribution is -2.32. The van der Waals surface area contributed by atoms with Crippen molar-refractivity contribution in [3.05, 3.63) is 28.2 Å². The Balaban J connectivity index is 1.99. The van der Waals surface area contributed by atoms with Crippen LogP contribution in [0.5, 0.6) is 0 Å². The van der Waals surface area contributed by atoms with Crippen molar-refractivity contribution in [3.8, 4) is 0 Å². The van der Waals surface area contributed by atoms with Crippen molar-refractivity contribution in [2.24, 2.45) is 0 Å². The highest BCUT2D eigenvalue weighted by Crippen LogP contribution is 2.34. The average Bonchev–Trinajstić information content (AvgIpc) is 2.89. The van der Waals surface area contributed by atoms with E-state index in [9.17, 15) is 9.59 Å². The van der Waals surface area contributed by atoms with Crippen LogP contribution in [0.1, 0.15) is 0 Å². The van der Waals surface area contributed by atoms with E-state index in [0.29, 0.717) is 27.4 Å². The first-order valence-electron chi connectivity index (χ1n) is 5.27. The predicted molar refractivity (Wildman–Crippen MR) is 72.3 cm³/mol. The van der Waals surface area contributed by atoms with Crippen molar-refractivity contribution in [1.82, 2.24) is 4.90 Å². The first-order chi connectivity index (χ1) is 8.59. The zero-order valence-corrected chi connectivity index (χ0v) is 11.4. The summed E-state index contributed by atoms with van der Waals surface area (Å²) in [4.78, 5) is 27.1. The Morgan fingerprint density at radius 3 is 2.67 bits per heavy atom. The lowest BCUT2D eigenvalue weighted by atomic mass is 10.2. The molecule has 0 saturated carbocycles. The van der Waals surface area contributed by atoms with Gasteiger partial charge in [-0.05, 0) is 18.2 Å². The number of imide groups is 1. The maximum Gasteiger partial charge on any atom is 0.332 e. The van der Waals surface area contributed by atoms with Crippen LogP contribution in [-0.4, -0.2) is 34.5 Å². The van der Waals surface area contributed by atoms with Crippen molar-refractivity contribution >= 4 is 52.6 Å². The zero-order chi connectivity index (χ0) is 12.9. The number of carbonyl (C=O) groups excluding carboxylic acids is 2. The van der Waals surface area contributed by atoms with E-state index in [1.54, 1.807) is 28.8 Å². The number of amides is 3. The molecule has 1 aromatic rings. The summed E-state index contributed by atoms with van der Waals surface area (Å²) in [7, 11) is 0. The van der Waals surface area contributed by atoms with Crippen LogP contribution in [0.25, 0.3) is 0 Å². The fourth-order valence-corrected chi connectivity index (χ4v) is 3.50. The molecule has 2 fully saturated rings. The lowest BCUT2D eigenvalue weighted by molar-refractivity contribution is -0.118. The maximum atomic E-state index is 12.2. The second kappa shape index (κ2) is 4.33. The zero-order valence-electron chi connectivity index (χ0n) is 9.10. The van der Waals surface area contributed by atoms with Crippen molar-refractivity contribution < 1.29 is 9.59 Å². The van der Waals surface area contributed by atoms with Crippen LogP contribution in [0.4, 0.5) is 10.5 Å². The van der Waals surface area contributed by atoms with Crippen LogP contribution in [-0.2, 0) is 4.79 Å². The average molecular weight is 303 g/mol. The fraction of sp³-hybridized carbons (Fsp3) is 0.273. The number of thioether (sulfide) groups is 1. The molecule has 1 atom stereocenters. The molecule has 1 aromatic carbocycles. The summed E-state index contributed by atoms with van der Waals surface area (Å²) in [5.41, 5.74) is 0.471. The molecule has 2 aliphatic rings. The number of carbonyl (C=O) groups is 2. The van der Waals surface area contributed by atoms with E-state index in [0.717, 1.165) is 0 Å². The third-order valence-electron chi connectivity index (χ3n) is 2.99. The summed E-state index contributed by atoms with van der Waals surface area (Å²) < 4.78 is 0. The molecular formula is C11H8Cl2N2O2S. The maximum absolute atomic E-state index is 12.2. The summed E-state index contributed by atoms with van der Waals surface area (Å²) in [6, 6.07) is 4.12. The second-order valence-corrected chi connectivity index (χ2v) is 5.85. The number of urea groups is 1. The molecule has 0 unspecified atom stereocenters. The smallest absolute Gasteiger partial charge is 0.302 e. The van der Waals surface area contributed by atoms with Gasteiger partial charge in [0.15, 0.2) is 0 Å². The van der Waals surface area contributed by atoms with Crippen LogP contribution in [0.3, 0.4) is 0 Å². The number of nitrogens with zero attached hydrogens (tertiary/aromatic N) is 2. The molecule has 3 rings (SSSR count). The Bertz CT molecular complexity index is 530. The highest BCUT2D eigenvalue weighted by Gasteiger charge is 2.48. The minimum atomic E-state index is -0.336. The molecule has 0 aromatic heterocycles. The van der Waals surface area contributed by atoms with Gasteiger partial charge >= 0.3 is 6.03 Å². The fourth-order valence-electron chi connectivity index (χ4n) is 2.07. The SMILES string of the molecule is O=C1[C@@H]2CSCN2C(=O)N1c1ccc(Cl)c(Cl)c1. The Morgan fingerprint density at radius 1 is 1.22 bits per heavy atom. The molecule has 2 aliphatic heterocycles. The summed E-state index contributed by atoms with van der Waals surface area (Å²) in [5, 5.41) is 0.728. The highest BCUT2D eigenvalue weighted by atomic mass is 35.5. The van der Waals surface area contributed by atoms with E-state index < -0.39 is 0 Å². The molecular weight excluding hydrogens is 295 g/mol. The Morgan fingerprint density at radius 2 is 2.00 bits per heavy atom. The minimum Gasteiger partial charge on any atom is -0.302 e. The first-order valence-corrected chi connectivity index (χ1v) is 7.18. The van der Waals surface area contributed by atoms with Gasteiger partial charge in [0, 0.05) is 5.75 Å². The van der Waals surface area contributed by atoms with Crippen molar-refractivity contribution in [3.63, 3.8) is 0 Å². The van der Waals surface area contributed by atoms with Crippen molar-refractivity contribution in [2.75, 3.05) is 16.5 Å². The van der Waals surface area contributed by atoms with Gasteiger partial charge in [-0.15, -0.1) is 11.8 Å². The van der Waals surface area contributed by atoms with Gasteiger partial charge in [0.05, 0.1) is 21.6 Å². The Hall–Kier alpha value is -0.910. The second-order valence-electron chi connectivity index (χ2n) is 4.04.